The molecular formula is C42H78O2. The Kier molecular flexibility index (Phi) is 18.1. The second-order valence-electron chi connectivity index (χ2n) is 16.8. The molecule has 4 fully saturated rings. The first-order valence-electron chi connectivity index (χ1n) is 20.9. The Morgan fingerprint density at radius 3 is 1.25 bits per heavy atom. The number of hydrogen-bond acceptors (Lipinski definition) is 2. The fraction of sp³-hybridized carbons (Fsp3) is 1.00. The largest absolute Gasteiger partial charge is 0.391 e. The van der Waals surface area contributed by atoms with Gasteiger partial charge in [0.25, 0.3) is 0 Å². The van der Waals surface area contributed by atoms with Crippen molar-refractivity contribution in [3.8, 4) is 0 Å². The fourth-order valence-corrected chi connectivity index (χ4v) is 9.01. The molecule has 9 unspecified atom stereocenters. The molecule has 4 rings (SSSR count). The number of unbranched alkanes of at least 4 members (excludes halogenated alkanes) is 14. The van der Waals surface area contributed by atoms with Crippen molar-refractivity contribution in [1.82, 2.24) is 0 Å². The number of rotatable bonds is 32. The predicted octanol–water partition coefficient (Wildman–Crippen LogP) is 12.7. The molecule has 0 saturated heterocycles. The second-order valence-corrected chi connectivity index (χ2v) is 16.8. The molecule has 2 heteroatoms. The maximum Gasteiger partial charge on any atom is 0.0773 e. The van der Waals surface area contributed by atoms with E-state index in [0.717, 1.165) is 66.8 Å². The van der Waals surface area contributed by atoms with Crippen molar-refractivity contribution in [3.63, 3.8) is 0 Å². The van der Waals surface area contributed by atoms with Crippen molar-refractivity contribution in [2.75, 3.05) is 13.2 Å². The van der Waals surface area contributed by atoms with E-state index < -0.39 is 0 Å². The topological polar surface area (TPSA) is 29.5 Å². The Morgan fingerprint density at radius 1 is 0.455 bits per heavy atom. The summed E-state index contributed by atoms with van der Waals surface area (Å²) in [5.41, 5.74) is 0. The van der Waals surface area contributed by atoms with Crippen LogP contribution in [0.15, 0.2) is 0 Å². The lowest BCUT2D eigenvalue weighted by Gasteiger charge is -2.11. The highest BCUT2D eigenvalue weighted by molar-refractivity contribution is 4.95. The van der Waals surface area contributed by atoms with Crippen LogP contribution in [0.3, 0.4) is 0 Å². The van der Waals surface area contributed by atoms with Crippen molar-refractivity contribution < 1.29 is 9.84 Å². The van der Waals surface area contributed by atoms with Crippen LogP contribution >= 0.6 is 0 Å². The Hall–Kier alpha value is -0.0800. The summed E-state index contributed by atoms with van der Waals surface area (Å²) in [6.45, 7) is 6.03. The SMILES string of the molecule is CCCCCC1CC1CC1CC1CCCCCCCCOCC(O)CCCCCCCCC1CC1CC1CC1CCCCC. The van der Waals surface area contributed by atoms with E-state index in [-0.39, 0.29) is 6.10 Å². The van der Waals surface area contributed by atoms with Crippen molar-refractivity contribution in [1.29, 1.82) is 0 Å². The summed E-state index contributed by atoms with van der Waals surface area (Å²) in [6.07, 6.45) is 41.0. The zero-order valence-corrected chi connectivity index (χ0v) is 30.0. The summed E-state index contributed by atoms with van der Waals surface area (Å²) in [4.78, 5) is 0. The van der Waals surface area contributed by atoms with Crippen LogP contribution in [0.5, 0.6) is 0 Å². The summed E-state index contributed by atoms with van der Waals surface area (Å²) < 4.78 is 5.80. The van der Waals surface area contributed by atoms with Crippen LogP contribution in [0, 0.1) is 47.3 Å². The summed E-state index contributed by atoms with van der Waals surface area (Å²) in [6, 6.07) is 0. The summed E-state index contributed by atoms with van der Waals surface area (Å²) >= 11 is 0. The molecule has 0 aromatic carbocycles. The monoisotopic (exact) mass is 615 g/mol. The Bertz CT molecular complexity index is 706. The fourth-order valence-electron chi connectivity index (χ4n) is 9.01. The minimum Gasteiger partial charge on any atom is -0.391 e. The minimum atomic E-state index is -0.252. The summed E-state index contributed by atoms with van der Waals surface area (Å²) in [5, 5.41) is 10.3. The van der Waals surface area contributed by atoms with Crippen molar-refractivity contribution in [3.05, 3.63) is 0 Å². The van der Waals surface area contributed by atoms with Gasteiger partial charge in [-0.25, -0.2) is 0 Å². The zero-order chi connectivity index (χ0) is 30.8. The molecule has 2 nitrogen and oxygen atoms in total. The molecule has 0 aliphatic heterocycles. The summed E-state index contributed by atoms with van der Waals surface area (Å²) in [5.74, 6) is 8.90. The van der Waals surface area contributed by atoms with Gasteiger partial charge < -0.3 is 9.84 Å². The minimum absolute atomic E-state index is 0.252. The number of hydrogen-bond donors (Lipinski definition) is 1. The van der Waals surface area contributed by atoms with Gasteiger partial charge in [-0.3, -0.25) is 0 Å². The number of ether oxygens (including phenoxy) is 1. The molecule has 44 heavy (non-hydrogen) atoms. The third-order valence-electron chi connectivity index (χ3n) is 12.6. The van der Waals surface area contributed by atoms with Crippen molar-refractivity contribution in [2.45, 2.75) is 206 Å². The van der Waals surface area contributed by atoms with Crippen LogP contribution in [-0.4, -0.2) is 24.4 Å². The van der Waals surface area contributed by atoms with Gasteiger partial charge in [0.2, 0.25) is 0 Å². The molecule has 258 valence electrons. The summed E-state index contributed by atoms with van der Waals surface area (Å²) in [7, 11) is 0. The van der Waals surface area contributed by atoms with Crippen molar-refractivity contribution in [2.24, 2.45) is 47.3 Å². The molecule has 4 aliphatic rings. The molecule has 4 saturated carbocycles. The highest BCUT2D eigenvalue weighted by Gasteiger charge is 2.45. The Morgan fingerprint density at radius 2 is 0.818 bits per heavy atom. The predicted molar refractivity (Wildman–Crippen MR) is 190 cm³/mol. The van der Waals surface area contributed by atoms with E-state index in [1.165, 1.54) is 135 Å². The lowest BCUT2D eigenvalue weighted by atomic mass is 10.0. The van der Waals surface area contributed by atoms with E-state index in [1.54, 1.807) is 38.5 Å². The average Bonchev–Trinajstić information content (AvgIpc) is 3.84. The van der Waals surface area contributed by atoms with Crippen LogP contribution in [0.25, 0.3) is 0 Å². The zero-order valence-electron chi connectivity index (χ0n) is 30.0. The lowest BCUT2D eigenvalue weighted by molar-refractivity contribution is 0.0297. The Balaban J connectivity index is 0.803. The molecule has 0 spiro atoms. The van der Waals surface area contributed by atoms with Crippen LogP contribution in [0.2, 0.25) is 0 Å². The van der Waals surface area contributed by atoms with Crippen LogP contribution in [0.4, 0.5) is 0 Å². The molecular weight excluding hydrogens is 536 g/mol. The molecule has 0 radical (unpaired) electrons. The van der Waals surface area contributed by atoms with Crippen LogP contribution in [0.1, 0.15) is 200 Å². The van der Waals surface area contributed by atoms with E-state index >= 15 is 0 Å². The average molecular weight is 615 g/mol. The maximum atomic E-state index is 10.3. The molecule has 4 aliphatic carbocycles. The normalized spacial score (nSPS) is 30.9. The number of aliphatic hydroxyl groups excluding tert-OH is 1. The van der Waals surface area contributed by atoms with Gasteiger partial charge in [-0.15, -0.1) is 0 Å². The van der Waals surface area contributed by atoms with E-state index in [0.29, 0.717) is 6.61 Å². The quantitative estimate of drug-likeness (QED) is 0.0764. The van der Waals surface area contributed by atoms with Gasteiger partial charge in [-0.05, 0) is 98.7 Å². The molecule has 0 heterocycles. The first-order valence-corrected chi connectivity index (χ1v) is 20.9. The highest BCUT2D eigenvalue weighted by atomic mass is 16.5. The molecule has 0 bridgehead atoms. The smallest absolute Gasteiger partial charge is 0.0773 e. The van der Waals surface area contributed by atoms with Crippen LogP contribution in [-0.2, 0) is 4.74 Å². The molecule has 0 aromatic heterocycles. The molecule has 0 amide bonds. The van der Waals surface area contributed by atoms with Gasteiger partial charge in [0.05, 0.1) is 12.7 Å². The van der Waals surface area contributed by atoms with Gasteiger partial charge >= 0.3 is 0 Å². The van der Waals surface area contributed by atoms with E-state index in [1.807, 2.05) is 0 Å². The third kappa shape index (κ3) is 16.2. The second kappa shape index (κ2) is 21.7. The highest BCUT2D eigenvalue weighted by Crippen LogP contribution is 2.55. The van der Waals surface area contributed by atoms with E-state index in [9.17, 15) is 5.11 Å². The standard InChI is InChI=1S/C42H78O2/c1-3-5-15-21-34-27-38(34)31-40-29-36(40)23-17-11-7-8-13-19-25-42(43)33-44-26-20-14-10-9-12-18-24-37-30-41(37)32-39-28-35(39)22-16-6-4-2/h34-43H,3-33H2,1-2H3. The first kappa shape index (κ1) is 36.8. The van der Waals surface area contributed by atoms with E-state index in [2.05, 4.69) is 13.8 Å². The first-order chi connectivity index (χ1) is 21.7. The van der Waals surface area contributed by atoms with Gasteiger partial charge in [-0.1, -0.05) is 149 Å². The van der Waals surface area contributed by atoms with Crippen molar-refractivity contribution >= 4 is 0 Å². The maximum absolute atomic E-state index is 10.3. The molecule has 9 atom stereocenters. The number of aliphatic hydroxyl groups is 1. The Labute approximate surface area is 276 Å². The van der Waals surface area contributed by atoms with Gasteiger partial charge in [0.1, 0.15) is 0 Å². The lowest BCUT2D eigenvalue weighted by Crippen LogP contribution is -2.15. The van der Waals surface area contributed by atoms with Gasteiger partial charge in [-0.2, -0.15) is 0 Å². The van der Waals surface area contributed by atoms with Gasteiger partial charge in [0.15, 0.2) is 0 Å². The molecule has 0 aromatic rings. The third-order valence-corrected chi connectivity index (χ3v) is 12.6. The molecule has 1 N–H and O–H groups in total. The van der Waals surface area contributed by atoms with E-state index in [4.69, 9.17) is 4.74 Å². The van der Waals surface area contributed by atoms with Crippen LogP contribution < -0.4 is 0 Å². The van der Waals surface area contributed by atoms with Gasteiger partial charge in [0, 0.05) is 6.61 Å².